The second-order valence-corrected chi connectivity index (χ2v) is 14.0. The number of nitrogens with zero attached hydrogens (tertiary/aromatic N) is 5. The quantitative estimate of drug-likeness (QED) is 0.114. The van der Waals surface area contributed by atoms with Crippen LogP contribution in [-0.4, -0.2) is 81.1 Å². The highest BCUT2D eigenvalue weighted by molar-refractivity contribution is 7.15. The number of nitrogens with one attached hydrogen (secondary N) is 3. The summed E-state index contributed by atoms with van der Waals surface area (Å²) in [4.78, 5) is 57.8. The minimum Gasteiger partial charge on any atom is -0.379 e. The number of morpholine rings is 1. The van der Waals surface area contributed by atoms with E-state index in [0.717, 1.165) is 48.5 Å². The average molecular weight is 717 g/mol. The van der Waals surface area contributed by atoms with Crippen molar-refractivity contribution in [1.82, 2.24) is 24.3 Å². The van der Waals surface area contributed by atoms with E-state index in [2.05, 4.69) is 39.7 Å². The van der Waals surface area contributed by atoms with Crippen molar-refractivity contribution in [1.29, 1.82) is 0 Å². The first kappa shape index (κ1) is 37.1. The molecule has 1 saturated heterocycles. The zero-order valence-corrected chi connectivity index (χ0v) is 30.1. The van der Waals surface area contributed by atoms with E-state index in [-0.39, 0.29) is 29.8 Å². The van der Waals surface area contributed by atoms with Crippen LogP contribution in [0.15, 0.2) is 48.8 Å². The molecule has 15 heteroatoms. The average Bonchev–Trinajstić information content (AvgIpc) is 3.78. The topological polar surface area (TPSA) is 166 Å². The molecule has 0 saturated carbocycles. The number of rotatable bonds is 15. The molecule has 270 valence electrons. The molecule has 3 N–H and O–H groups in total. The summed E-state index contributed by atoms with van der Waals surface area (Å²) in [5.41, 5.74) is 3.42. The van der Waals surface area contributed by atoms with Gasteiger partial charge in [0.15, 0.2) is 5.13 Å². The van der Waals surface area contributed by atoms with Crippen molar-refractivity contribution in [2.24, 2.45) is 20.0 Å². The standard InChI is InChI=1S/C36H44N8O6S/c1-24(2)5-12-32-29(21-33(45)37-13-14-43-15-17-50-18-16-43)39-36(51-32)40-35(47)31-20-27(23-42(31)4)38-34(46)30-19-26(22-41(30)3)7-6-25-8-10-28(11-9-25)44(48)49/h6-11,19-20,22-24H,5,12-18,21H2,1-4H3,(H,37,45)(H,38,46)(H,39,40,47)/b7-6+. The number of anilines is 2. The van der Waals surface area contributed by atoms with Gasteiger partial charge in [-0.2, -0.15) is 0 Å². The summed E-state index contributed by atoms with van der Waals surface area (Å²) < 4.78 is 8.71. The molecule has 0 radical (unpaired) electrons. The fraction of sp³-hybridized carbons (Fsp3) is 0.389. The molecule has 1 aliphatic rings. The molecule has 4 heterocycles. The Kier molecular flexibility index (Phi) is 12.5. The number of nitro groups is 1. The van der Waals surface area contributed by atoms with Gasteiger partial charge in [-0.3, -0.25) is 34.7 Å². The fourth-order valence-corrected chi connectivity index (χ4v) is 6.59. The van der Waals surface area contributed by atoms with Crippen molar-refractivity contribution in [3.05, 3.63) is 92.0 Å². The molecule has 1 aliphatic heterocycles. The molecule has 0 atom stereocenters. The number of ether oxygens (including phenoxy) is 1. The minimum absolute atomic E-state index is 0.0167. The van der Waals surface area contributed by atoms with Crippen molar-refractivity contribution in [3.63, 3.8) is 0 Å². The van der Waals surface area contributed by atoms with Crippen LogP contribution in [0.5, 0.6) is 0 Å². The molecule has 3 aromatic heterocycles. The summed E-state index contributed by atoms with van der Waals surface area (Å²) >= 11 is 1.38. The van der Waals surface area contributed by atoms with Crippen LogP contribution >= 0.6 is 11.3 Å². The van der Waals surface area contributed by atoms with Gasteiger partial charge in [0, 0.05) is 69.7 Å². The third-order valence-corrected chi connectivity index (χ3v) is 9.53. The zero-order chi connectivity index (χ0) is 36.5. The highest BCUT2D eigenvalue weighted by atomic mass is 32.1. The van der Waals surface area contributed by atoms with Crippen LogP contribution in [0.3, 0.4) is 0 Å². The van der Waals surface area contributed by atoms with Crippen LogP contribution in [0, 0.1) is 16.0 Å². The molecule has 0 spiro atoms. The maximum atomic E-state index is 13.4. The highest BCUT2D eigenvalue weighted by Crippen LogP contribution is 2.27. The molecule has 14 nitrogen and oxygen atoms in total. The van der Waals surface area contributed by atoms with Gasteiger partial charge in [-0.1, -0.05) is 26.0 Å². The Morgan fingerprint density at radius 3 is 2.35 bits per heavy atom. The molecule has 0 bridgehead atoms. The van der Waals surface area contributed by atoms with E-state index < -0.39 is 4.92 Å². The van der Waals surface area contributed by atoms with E-state index in [1.807, 2.05) is 12.2 Å². The Morgan fingerprint density at radius 2 is 1.65 bits per heavy atom. The van der Waals surface area contributed by atoms with E-state index in [0.29, 0.717) is 53.6 Å². The number of aryl methyl sites for hydroxylation is 3. The Labute approximate surface area is 300 Å². The highest BCUT2D eigenvalue weighted by Gasteiger charge is 2.20. The second-order valence-electron chi connectivity index (χ2n) is 12.9. The van der Waals surface area contributed by atoms with E-state index in [1.165, 1.54) is 23.5 Å². The van der Waals surface area contributed by atoms with Gasteiger partial charge >= 0.3 is 0 Å². The van der Waals surface area contributed by atoms with Crippen LogP contribution in [0.25, 0.3) is 12.2 Å². The van der Waals surface area contributed by atoms with Crippen molar-refractivity contribution >= 4 is 57.7 Å². The van der Waals surface area contributed by atoms with Gasteiger partial charge < -0.3 is 24.5 Å². The zero-order valence-electron chi connectivity index (χ0n) is 29.3. The van der Waals surface area contributed by atoms with Gasteiger partial charge in [-0.25, -0.2) is 4.98 Å². The molecule has 3 amide bonds. The fourth-order valence-electron chi connectivity index (χ4n) is 5.60. The maximum absolute atomic E-state index is 13.4. The predicted molar refractivity (Wildman–Crippen MR) is 198 cm³/mol. The number of thiazole rings is 1. The SMILES string of the molecule is CC(C)CCc1sc(NC(=O)c2cc(NC(=O)c3cc(/C=C/c4ccc([N+](=O)[O-])cc4)cn3C)cn2C)nc1CC(=O)NCCN1CCOCC1. The normalized spacial score (nSPS) is 13.5. The second kappa shape index (κ2) is 17.2. The van der Waals surface area contributed by atoms with E-state index in [4.69, 9.17) is 4.74 Å². The molecule has 0 unspecified atom stereocenters. The molecular weight excluding hydrogens is 673 g/mol. The van der Waals surface area contributed by atoms with Crippen molar-refractivity contribution < 1.29 is 24.0 Å². The molecule has 0 aliphatic carbocycles. The minimum atomic E-state index is -0.447. The Hall–Kier alpha value is -5.12. The number of carbonyl (C=O) groups excluding carboxylic acids is 3. The first-order valence-electron chi connectivity index (χ1n) is 16.9. The summed E-state index contributed by atoms with van der Waals surface area (Å²) in [5.74, 6) is -0.377. The number of carbonyl (C=O) groups is 3. The Balaban J connectivity index is 1.19. The summed E-state index contributed by atoms with van der Waals surface area (Å²) in [6, 6.07) is 9.52. The molecule has 51 heavy (non-hydrogen) atoms. The predicted octanol–water partition coefficient (Wildman–Crippen LogP) is 4.98. The lowest BCUT2D eigenvalue weighted by molar-refractivity contribution is -0.384. The van der Waals surface area contributed by atoms with Crippen molar-refractivity contribution in [2.75, 3.05) is 50.0 Å². The summed E-state index contributed by atoms with van der Waals surface area (Å²) in [6.45, 7) is 8.75. The Morgan fingerprint density at radius 1 is 0.980 bits per heavy atom. The van der Waals surface area contributed by atoms with Gasteiger partial charge in [0.2, 0.25) is 5.91 Å². The lowest BCUT2D eigenvalue weighted by Crippen LogP contribution is -2.41. The number of benzene rings is 1. The number of hydrogen-bond acceptors (Lipinski definition) is 9. The van der Waals surface area contributed by atoms with Gasteiger partial charge in [0.1, 0.15) is 11.4 Å². The third kappa shape index (κ3) is 10.4. The molecular formula is C36H44N8O6S. The molecule has 1 aromatic carbocycles. The lowest BCUT2D eigenvalue weighted by Gasteiger charge is -2.26. The summed E-state index contributed by atoms with van der Waals surface area (Å²) in [6.07, 6.45) is 8.92. The lowest BCUT2D eigenvalue weighted by atomic mass is 10.1. The molecule has 1 fully saturated rings. The maximum Gasteiger partial charge on any atom is 0.274 e. The van der Waals surface area contributed by atoms with Crippen LogP contribution in [0.2, 0.25) is 0 Å². The number of hydrogen-bond donors (Lipinski definition) is 3. The van der Waals surface area contributed by atoms with Gasteiger partial charge in [0.25, 0.3) is 17.5 Å². The van der Waals surface area contributed by atoms with Gasteiger partial charge in [0.05, 0.1) is 35.9 Å². The van der Waals surface area contributed by atoms with E-state index in [9.17, 15) is 24.5 Å². The largest absolute Gasteiger partial charge is 0.379 e. The molecule has 4 aromatic rings. The molecule has 5 rings (SSSR count). The first-order chi connectivity index (χ1) is 24.4. The number of aromatic nitrogens is 3. The monoisotopic (exact) mass is 716 g/mol. The van der Waals surface area contributed by atoms with E-state index >= 15 is 0 Å². The smallest absolute Gasteiger partial charge is 0.274 e. The van der Waals surface area contributed by atoms with Gasteiger partial charge in [-0.15, -0.1) is 11.3 Å². The summed E-state index contributed by atoms with van der Waals surface area (Å²) in [7, 11) is 3.48. The number of amides is 3. The Bertz CT molecular complexity index is 1880. The van der Waals surface area contributed by atoms with Crippen LogP contribution < -0.4 is 16.0 Å². The van der Waals surface area contributed by atoms with Gasteiger partial charge in [-0.05, 0) is 54.2 Å². The van der Waals surface area contributed by atoms with Crippen molar-refractivity contribution in [2.45, 2.75) is 33.1 Å². The summed E-state index contributed by atoms with van der Waals surface area (Å²) in [5, 5.41) is 20.1. The number of nitro benzene ring substituents is 1. The van der Waals surface area contributed by atoms with Crippen LogP contribution in [-0.2, 0) is 36.5 Å². The third-order valence-electron chi connectivity index (χ3n) is 8.46. The first-order valence-corrected chi connectivity index (χ1v) is 17.7. The van der Waals surface area contributed by atoms with E-state index in [1.54, 1.807) is 59.9 Å². The number of non-ortho nitro benzene ring substituents is 1. The van der Waals surface area contributed by atoms with Crippen molar-refractivity contribution in [3.8, 4) is 0 Å². The van der Waals surface area contributed by atoms with Crippen LogP contribution in [0.1, 0.15) is 62.9 Å². The van der Waals surface area contributed by atoms with Crippen LogP contribution in [0.4, 0.5) is 16.5 Å².